The number of hydrogen-bond donors (Lipinski definition) is 0. The molecule has 0 radical (unpaired) electrons. The van der Waals surface area contributed by atoms with Crippen molar-refractivity contribution in [1.29, 1.82) is 0 Å². The van der Waals surface area contributed by atoms with Crippen LogP contribution in [0.1, 0.15) is 17.3 Å². The molecule has 138 valence electrons. The standard InChI is InChI=1S/C20H17NO5S/c1-2-25-20(22)16-13-18(15-9-5-3-6-10-15)21-19(14-16)26-27(23,24)17-11-7-4-8-12-17/h3-14H,2H2,1H3. The van der Waals surface area contributed by atoms with E-state index in [0.29, 0.717) is 11.3 Å². The number of carbonyl (C=O) groups is 1. The summed E-state index contributed by atoms with van der Waals surface area (Å²) in [5.41, 5.74) is 1.27. The molecule has 1 heterocycles. The van der Waals surface area contributed by atoms with Crippen LogP contribution >= 0.6 is 0 Å². The van der Waals surface area contributed by atoms with Crippen molar-refractivity contribution < 1.29 is 22.1 Å². The molecule has 0 aliphatic heterocycles. The number of ether oxygens (including phenoxy) is 1. The first-order valence-corrected chi connectivity index (χ1v) is 9.64. The van der Waals surface area contributed by atoms with E-state index in [2.05, 4.69) is 4.98 Å². The fourth-order valence-corrected chi connectivity index (χ4v) is 3.28. The molecular formula is C20H17NO5S. The van der Waals surface area contributed by atoms with Crippen LogP contribution in [0.3, 0.4) is 0 Å². The van der Waals surface area contributed by atoms with Crippen LogP contribution in [0.5, 0.6) is 5.88 Å². The van der Waals surface area contributed by atoms with E-state index in [1.807, 2.05) is 18.2 Å². The molecule has 0 aliphatic carbocycles. The minimum absolute atomic E-state index is 0.00500. The van der Waals surface area contributed by atoms with Crippen molar-refractivity contribution >= 4 is 16.1 Å². The Kier molecular flexibility index (Phi) is 5.52. The summed E-state index contributed by atoms with van der Waals surface area (Å²) >= 11 is 0. The van der Waals surface area contributed by atoms with Crippen LogP contribution in [0.4, 0.5) is 0 Å². The molecule has 0 amide bonds. The molecule has 1 aromatic heterocycles. The van der Waals surface area contributed by atoms with Gasteiger partial charge in [0.1, 0.15) is 4.90 Å². The molecule has 3 aromatic rings. The predicted molar refractivity (Wildman–Crippen MR) is 99.9 cm³/mol. The lowest BCUT2D eigenvalue weighted by Gasteiger charge is -2.10. The second kappa shape index (κ2) is 8.01. The molecule has 2 aromatic carbocycles. The van der Waals surface area contributed by atoms with Crippen LogP contribution < -0.4 is 4.18 Å². The second-order valence-electron chi connectivity index (χ2n) is 5.52. The summed E-state index contributed by atoms with van der Waals surface area (Å²) in [4.78, 5) is 16.4. The van der Waals surface area contributed by atoms with Crippen LogP contribution in [0.2, 0.25) is 0 Å². The quantitative estimate of drug-likeness (QED) is 0.477. The van der Waals surface area contributed by atoms with Crippen molar-refractivity contribution in [1.82, 2.24) is 4.98 Å². The summed E-state index contributed by atoms with van der Waals surface area (Å²) in [7, 11) is -4.08. The zero-order valence-electron chi connectivity index (χ0n) is 14.5. The highest BCUT2D eigenvalue weighted by molar-refractivity contribution is 7.87. The van der Waals surface area contributed by atoms with Gasteiger partial charge in [-0.25, -0.2) is 9.78 Å². The summed E-state index contributed by atoms with van der Waals surface area (Å²) < 4.78 is 35.1. The maximum absolute atomic E-state index is 12.5. The number of rotatable bonds is 6. The largest absolute Gasteiger partial charge is 0.462 e. The summed E-state index contributed by atoms with van der Waals surface area (Å²) in [6.07, 6.45) is 0. The van der Waals surface area contributed by atoms with Gasteiger partial charge < -0.3 is 8.92 Å². The van der Waals surface area contributed by atoms with E-state index >= 15 is 0 Å². The fraction of sp³-hybridized carbons (Fsp3) is 0.100. The molecule has 27 heavy (non-hydrogen) atoms. The maximum atomic E-state index is 12.5. The topological polar surface area (TPSA) is 82.6 Å². The van der Waals surface area contributed by atoms with Gasteiger partial charge in [-0.05, 0) is 25.1 Å². The van der Waals surface area contributed by atoms with E-state index in [1.165, 1.54) is 24.3 Å². The fourth-order valence-electron chi connectivity index (χ4n) is 2.38. The molecule has 6 nitrogen and oxygen atoms in total. The van der Waals surface area contributed by atoms with Crippen LogP contribution in [-0.4, -0.2) is 26.0 Å². The lowest BCUT2D eigenvalue weighted by molar-refractivity contribution is 0.0526. The molecule has 7 heteroatoms. The molecule has 0 unspecified atom stereocenters. The minimum Gasteiger partial charge on any atom is -0.462 e. The third-order valence-electron chi connectivity index (χ3n) is 3.61. The third-order valence-corrected chi connectivity index (χ3v) is 4.85. The number of esters is 1. The van der Waals surface area contributed by atoms with Gasteiger partial charge in [0.25, 0.3) is 0 Å². The summed E-state index contributed by atoms with van der Waals surface area (Å²) in [6.45, 7) is 1.88. The molecule has 0 fully saturated rings. The summed E-state index contributed by atoms with van der Waals surface area (Å²) in [6, 6.07) is 19.6. The number of benzene rings is 2. The second-order valence-corrected chi connectivity index (χ2v) is 7.06. The molecular weight excluding hydrogens is 366 g/mol. The van der Waals surface area contributed by atoms with Crippen LogP contribution in [0.15, 0.2) is 77.7 Å². The van der Waals surface area contributed by atoms with Crippen LogP contribution in [0, 0.1) is 0 Å². The van der Waals surface area contributed by atoms with E-state index < -0.39 is 16.1 Å². The molecule has 0 spiro atoms. The van der Waals surface area contributed by atoms with Gasteiger partial charge in [-0.2, -0.15) is 8.42 Å². The zero-order valence-corrected chi connectivity index (χ0v) is 15.3. The lowest BCUT2D eigenvalue weighted by atomic mass is 10.1. The SMILES string of the molecule is CCOC(=O)c1cc(OS(=O)(=O)c2ccccc2)nc(-c2ccccc2)c1. The van der Waals surface area contributed by atoms with E-state index in [1.54, 1.807) is 37.3 Å². The average molecular weight is 383 g/mol. The Morgan fingerprint density at radius 2 is 1.59 bits per heavy atom. The van der Waals surface area contributed by atoms with Crippen molar-refractivity contribution in [2.24, 2.45) is 0 Å². The van der Waals surface area contributed by atoms with Crippen molar-refractivity contribution in [2.75, 3.05) is 6.61 Å². The van der Waals surface area contributed by atoms with E-state index in [4.69, 9.17) is 8.92 Å². The van der Waals surface area contributed by atoms with E-state index in [-0.39, 0.29) is 22.9 Å². The van der Waals surface area contributed by atoms with Gasteiger partial charge in [-0.1, -0.05) is 48.5 Å². The molecule has 0 N–H and O–H groups in total. The molecule has 0 saturated heterocycles. The van der Waals surface area contributed by atoms with Gasteiger partial charge in [0.2, 0.25) is 5.88 Å². The third kappa shape index (κ3) is 4.51. The Bertz CT molecular complexity index is 1030. The van der Waals surface area contributed by atoms with Crippen LogP contribution in [0.25, 0.3) is 11.3 Å². The lowest BCUT2D eigenvalue weighted by Crippen LogP contribution is -2.12. The van der Waals surface area contributed by atoms with Gasteiger partial charge >= 0.3 is 16.1 Å². The highest BCUT2D eigenvalue weighted by Gasteiger charge is 2.20. The summed E-state index contributed by atoms with van der Waals surface area (Å²) in [5.74, 6) is -0.790. The van der Waals surface area contributed by atoms with E-state index in [0.717, 1.165) is 0 Å². The number of pyridine rings is 1. The Hall–Kier alpha value is -3.19. The van der Waals surface area contributed by atoms with Crippen molar-refractivity contribution in [3.05, 3.63) is 78.4 Å². The maximum Gasteiger partial charge on any atom is 0.340 e. The Balaban J connectivity index is 2.04. The van der Waals surface area contributed by atoms with E-state index in [9.17, 15) is 13.2 Å². The van der Waals surface area contributed by atoms with Gasteiger partial charge in [0, 0.05) is 11.6 Å². The Labute approximate surface area is 157 Å². The van der Waals surface area contributed by atoms with Crippen LogP contribution in [-0.2, 0) is 14.9 Å². The first-order valence-electron chi connectivity index (χ1n) is 8.24. The number of nitrogens with zero attached hydrogens (tertiary/aromatic N) is 1. The normalized spacial score (nSPS) is 11.0. The Morgan fingerprint density at radius 1 is 0.963 bits per heavy atom. The molecule has 0 saturated carbocycles. The summed E-state index contributed by atoms with van der Waals surface area (Å²) in [5, 5.41) is 0. The van der Waals surface area contributed by atoms with Gasteiger partial charge in [0.05, 0.1) is 17.9 Å². The predicted octanol–water partition coefficient (Wildman–Crippen LogP) is 3.69. The number of hydrogen-bond acceptors (Lipinski definition) is 6. The molecule has 3 rings (SSSR count). The first kappa shape index (κ1) is 18.6. The Morgan fingerprint density at radius 3 is 2.22 bits per heavy atom. The molecule has 0 aliphatic rings. The average Bonchev–Trinajstić information content (AvgIpc) is 2.69. The monoisotopic (exact) mass is 383 g/mol. The van der Waals surface area contributed by atoms with Gasteiger partial charge in [0.15, 0.2) is 0 Å². The zero-order chi connectivity index (χ0) is 19.3. The van der Waals surface area contributed by atoms with Gasteiger partial charge in [-0.15, -0.1) is 0 Å². The van der Waals surface area contributed by atoms with Gasteiger partial charge in [-0.3, -0.25) is 0 Å². The minimum atomic E-state index is -4.08. The number of carbonyl (C=O) groups excluding carboxylic acids is 1. The highest BCUT2D eigenvalue weighted by Crippen LogP contribution is 2.25. The molecule has 0 atom stereocenters. The van der Waals surface area contributed by atoms with Crippen molar-refractivity contribution in [3.63, 3.8) is 0 Å². The van der Waals surface area contributed by atoms with Crippen molar-refractivity contribution in [2.45, 2.75) is 11.8 Å². The number of aromatic nitrogens is 1. The van der Waals surface area contributed by atoms with Crippen molar-refractivity contribution in [3.8, 4) is 17.1 Å². The smallest absolute Gasteiger partial charge is 0.340 e. The first-order chi connectivity index (χ1) is 13.0. The molecule has 0 bridgehead atoms. The highest BCUT2D eigenvalue weighted by atomic mass is 32.2.